The first-order chi connectivity index (χ1) is 7.29. The maximum Gasteiger partial charge on any atom is 0.146 e. The molecule has 4 heteroatoms. The largest absolute Gasteiger partial charge is 0.496 e. The van der Waals surface area contributed by atoms with Crippen molar-refractivity contribution in [3.63, 3.8) is 0 Å². The monoisotopic (exact) mass is 208 g/mol. The van der Waals surface area contributed by atoms with E-state index >= 15 is 0 Å². The van der Waals surface area contributed by atoms with Gasteiger partial charge in [0.2, 0.25) is 0 Å². The summed E-state index contributed by atoms with van der Waals surface area (Å²) in [5.41, 5.74) is 6.34. The second kappa shape index (κ2) is 4.40. The first kappa shape index (κ1) is 10.1. The van der Waals surface area contributed by atoms with E-state index in [1.165, 1.54) is 12.4 Å². The van der Waals surface area contributed by atoms with Gasteiger partial charge in [-0.1, -0.05) is 0 Å². The number of nitrogens with two attached hydrogens (primary N) is 1. The van der Waals surface area contributed by atoms with Crippen LogP contribution in [0.4, 0.5) is 4.39 Å². The molecular weight excluding hydrogens is 195 g/mol. The molecule has 80 valence electrons. The van der Waals surface area contributed by atoms with E-state index in [1.54, 1.807) is 6.07 Å². The highest BCUT2D eigenvalue weighted by Crippen LogP contribution is 2.24. The average Bonchev–Trinajstić information content (AvgIpc) is 2.30. The molecule has 0 radical (unpaired) electrons. The average molecular weight is 208 g/mol. The Balaban J connectivity index is 2.23. The van der Waals surface area contributed by atoms with Crippen LogP contribution in [0.3, 0.4) is 0 Å². The number of rotatable bonds is 2. The molecule has 0 spiro atoms. The lowest BCUT2D eigenvalue weighted by Gasteiger charge is -2.20. The molecule has 0 amide bonds. The van der Waals surface area contributed by atoms with Gasteiger partial charge in [-0.05, 0) is 25.0 Å². The first-order valence-corrected chi connectivity index (χ1v) is 4.97. The second-order valence-corrected chi connectivity index (χ2v) is 3.47. The van der Waals surface area contributed by atoms with Gasteiger partial charge in [0.15, 0.2) is 0 Å². The van der Waals surface area contributed by atoms with E-state index in [0.29, 0.717) is 17.9 Å². The van der Waals surface area contributed by atoms with Crippen molar-refractivity contribution in [1.29, 1.82) is 0 Å². The Kier molecular flexibility index (Phi) is 2.97. The minimum Gasteiger partial charge on any atom is -0.496 e. The van der Waals surface area contributed by atoms with Gasteiger partial charge >= 0.3 is 0 Å². The minimum atomic E-state index is -0.520. The fourth-order valence-corrected chi connectivity index (χ4v) is 1.58. The maximum atomic E-state index is 13.4. The molecule has 1 atom stereocenters. The summed E-state index contributed by atoms with van der Waals surface area (Å²) in [5.74, 6) is 0.270. The molecule has 1 aromatic rings. The van der Waals surface area contributed by atoms with Gasteiger partial charge in [0.25, 0.3) is 0 Å². The van der Waals surface area contributed by atoms with E-state index in [4.69, 9.17) is 10.5 Å². The molecule has 1 unspecified atom stereocenters. The third-order valence-corrected chi connectivity index (χ3v) is 2.41. The highest BCUT2D eigenvalue weighted by molar-refractivity contribution is 5.24. The lowest BCUT2D eigenvalue weighted by molar-refractivity contribution is 0.175. The molecule has 2 heterocycles. The van der Waals surface area contributed by atoms with Gasteiger partial charge in [-0.2, -0.15) is 0 Å². The smallest absolute Gasteiger partial charge is 0.146 e. The number of aromatic nitrogens is 1. The van der Waals surface area contributed by atoms with E-state index in [2.05, 4.69) is 4.98 Å². The number of halogens is 1. The number of pyridine rings is 1. The summed E-state index contributed by atoms with van der Waals surface area (Å²) >= 11 is 0. The van der Waals surface area contributed by atoms with Gasteiger partial charge in [-0.25, -0.2) is 4.39 Å². The molecule has 3 nitrogen and oxygen atoms in total. The van der Waals surface area contributed by atoms with Crippen LogP contribution in [0.1, 0.15) is 24.4 Å². The van der Waals surface area contributed by atoms with Crippen molar-refractivity contribution in [3.8, 4) is 0 Å². The molecule has 1 aliphatic rings. The fraction of sp³-hybridized carbons (Fsp3) is 0.364. The molecule has 0 bridgehead atoms. The van der Waals surface area contributed by atoms with Gasteiger partial charge in [0.1, 0.15) is 11.6 Å². The van der Waals surface area contributed by atoms with Gasteiger partial charge < -0.3 is 10.5 Å². The predicted octanol–water partition coefficient (Wildman–Crippen LogP) is 1.91. The minimum absolute atomic E-state index is 0.389. The topological polar surface area (TPSA) is 48.1 Å². The van der Waals surface area contributed by atoms with Crippen LogP contribution < -0.4 is 5.73 Å². The Morgan fingerprint density at radius 1 is 1.53 bits per heavy atom. The molecule has 2 N–H and O–H groups in total. The predicted molar refractivity (Wildman–Crippen MR) is 54.4 cm³/mol. The van der Waals surface area contributed by atoms with Crippen molar-refractivity contribution < 1.29 is 9.13 Å². The lowest BCUT2D eigenvalue weighted by atomic mass is 10.0. The van der Waals surface area contributed by atoms with Gasteiger partial charge in [0, 0.05) is 11.8 Å². The van der Waals surface area contributed by atoms with Crippen LogP contribution in [-0.4, -0.2) is 11.6 Å². The zero-order valence-electron chi connectivity index (χ0n) is 8.32. The summed E-state index contributed by atoms with van der Waals surface area (Å²) < 4.78 is 18.8. The third-order valence-electron chi connectivity index (χ3n) is 2.41. The van der Waals surface area contributed by atoms with Crippen LogP contribution in [0, 0.1) is 5.82 Å². The molecule has 15 heavy (non-hydrogen) atoms. The summed E-state index contributed by atoms with van der Waals surface area (Å²) in [4.78, 5) is 3.68. The Hall–Kier alpha value is -1.42. The Bertz CT molecular complexity index is 379. The number of allylic oxidation sites excluding steroid dienone is 1. The molecule has 0 aromatic carbocycles. The van der Waals surface area contributed by atoms with Crippen molar-refractivity contribution in [3.05, 3.63) is 41.7 Å². The number of nitrogens with zero attached hydrogens (tertiary/aromatic N) is 1. The quantitative estimate of drug-likeness (QED) is 0.807. The lowest BCUT2D eigenvalue weighted by Crippen LogP contribution is -2.19. The van der Waals surface area contributed by atoms with E-state index in [0.717, 1.165) is 12.8 Å². The van der Waals surface area contributed by atoms with Crippen LogP contribution in [0.25, 0.3) is 0 Å². The van der Waals surface area contributed by atoms with Crippen molar-refractivity contribution in [2.24, 2.45) is 5.73 Å². The molecule has 0 saturated heterocycles. The highest BCUT2D eigenvalue weighted by atomic mass is 19.1. The molecule has 0 aliphatic carbocycles. The SMILES string of the molecule is NC(C1=CCCCO1)c1ccncc1F. The molecule has 2 rings (SSSR count). The normalized spacial score (nSPS) is 17.9. The first-order valence-electron chi connectivity index (χ1n) is 4.97. The zero-order chi connectivity index (χ0) is 10.7. The van der Waals surface area contributed by atoms with Crippen LogP contribution in [0.5, 0.6) is 0 Å². The number of ether oxygens (including phenoxy) is 1. The maximum absolute atomic E-state index is 13.4. The van der Waals surface area contributed by atoms with Crippen LogP contribution in [-0.2, 0) is 4.74 Å². The third kappa shape index (κ3) is 2.15. The van der Waals surface area contributed by atoms with E-state index in [-0.39, 0.29) is 5.82 Å². The van der Waals surface area contributed by atoms with Gasteiger partial charge in [-0.15, -0.1) is 0 Å². The Morgan fingerprint density at radius 3 is 3.07 bits per heavy atom. The van der Waals surface area contributed by atoms with Crippen molar-refractivity contribution >= 4 is 0 Å². The van der Waals surface area contributed by atoms with Crippen molar-refractivity contribution in [1.82, 2.24) is 4.98 Å². The zero-order valence-corrected chi connectivity index (χ0v) is 8.32. The number of hydrogen-bond donors (Lipinski definition) is 1. The summed E-state index contributed by atoms with van der Waals surface area (Å²) in [6.07, 6.45) is 6.55. The highest BCUT2D eigenvalue weighted by Gasteiger charge is 2.18. The van der Waals surface area contributed by atoms with Gasteiger partial charge in [0.05, 0.1) is 18.8 Å². The van der Waals surface area contributed by atoms with Crippen LogP contribution in [0.2, 0.25) is 0 Å². The fourth-order valence-electron chi connectivity index (χ4n) is 1.58. The Morgan fingerprint density at radius 2 is 2.40 bits per heavy atom. The molecule has 0 fully saturated rings. The van der Waals surface area contributed by atoms with Crippen LogP contribution >= 0.6 is 0 Å². The molecule has 1 aliphatic heterocycles. The molecule has 1 aromatic heterocycles. The van der Waals surface area contributed by atoms with E-state index < -0.39 is 6.04 Å². The van der Waals surface area contributed by atoms with Crippen molar-refractivity contribution in [2.45, 2.75) is 18.9 Å². The van der Waals surface area contributed by atoms with E-state index in [1.807, 2.05) is 6.08 Å². The van der Waals surface area contributed by atoms with Gasteiger partial charge in [-0.3, -0.25) is 4.98 Å². The Labute approximate surface area is 87.8 Å². The second-order valence-electron chi connectivity index (χ2n) is 3.47. The van der Waals surface area contributed by atoms with Crippen LogP contribution in [0.15, 0.2) is 30.3 Å². The summed E-state index contributed by atoms with van der Waals surface area (Å²) in [5, 5.41) is 0. The van der Waals surface area contributed by atoms with Crippen molar-refractivity contribution in [2.75, 3.05) is 6.61 Å². The summed E-state index contributed by atoms with van der Waals surface area (Å²) in [6, 6.07) is 1.06. The summed E-state index contributed by atoms with van der Waals surface area (Å²) in [6.45, 7) is 0.659. The summed E-state index contributed by atoms with van der Waals surface area (Å²) in [7, 11) is 0. The standard InChI is InChI=1S/C11H13FN2O/c12-9-7-14-5-4-8(9)11(13)10-3-1-2-6-15-10/h3-5,7,11H,1-2,6,13H2. The van der Waals surface area contributed by atoms with E-state index in [9.17, 15) is 4.39 Å². The number of hydrogen-bond acceptors (Lipinski definition) is 3. The molecular formula is C11H13FN2O. The molecule has 0 saturated carbocycles.